The van der Waals surface area contributed by atoms with Crippen molar-refractivity contribution in [1.82, 2.24) is 0 Å². The summed E-state index contributed by atoms with van der Waals surface area (Å²) in [5.74, 6) is 0.838. The molecule has 0 saturated carbocycles. The van der Waals surface area contributed by atoms with Gasteiger partial charge in [-0.25, -0.2) is 0 Å². The van der Waals surface area contributed by atoms with Gasteiger partial charge in [0.05, 0.1) is 0 Å². The smallest absolute Gasteiger partial charge is 0.137 e. The fraction of sp³-hybridized carbons (Fsp3) is 0.167. The zero-order chi connectivity index (χ0) is 11.4. The molecule has 1 aromatic carbocycles. The summed E-state index contributed by atoms with van der Waals surface area (Å²) in [5, 5.41) is 4.10. The van der Waals surface area contributed by atoms with Crippen LogP contribution in [0.2, 0.25) is 0 Å². The van der Waals surface area contributed by atoms with Gasteiger partial charge in [0.25, 0.3) is 0 Å². The van der Waals surface area contributed by atoms with Crippen LogP contribution >= 0.6 is 27.3 Å². The van der Waals surface area contributed by atoms with Crippen molar-refractivity contribution in [3.05, 3.63) is 51.1 Å². The highest BCUT2D eigenvalue weighted by Crippen LogP contribution is 2.24. The van der Waals surface area contributed by atoms with E-state index in [2.05, 4.69) is 21.3 Å². The highest BCUT2D eigenvalue weighted by molar-refractivity contribution is 9.10. The first-order chi connectivity index (χ1) is 7.79. The Kier molecular flexibility index (Phi) is 3.98. The number of nitrogens with two attached hydrogens (primary N) is 1. The molecule has 0 saturated heterocycles. The lowest BCUT2D eigenvalue weighted by Gasteiger charge is -2.16. The van der Waals surface area contributed by atoms with Gasteiger partial charge >= 0.3 is 0 Å². The maximum absolute atomic E-state index is 5.82. The summed E-state index contributed by atoms with van der Waals surface area (Å²) in [6.07, 6.45) is -0.0626. The van der Waals surface area contributed by atoms with E-state index >= 15 is 0 Å². The lowest BCUT2D eigenvalue weighted by atomic mass is 10.2. The molecule has 84 valence electrons. The van der Waals surface area contributed by atoms with Crippen LogP contribution in [0.25, 0.3) is 0 Å². The van der Waals surface area contributed by atoms with Crippen LogP contribution in [0.5, 0.6) is 5.75 Å². The summed E-state index contributed by atoms with van der Waals surface area (Å²) < 4.78 is 6.87. The number of benzene rings is 1. The van der Waals surface area contributed by atoms with E-state index in [1.54, 1.807) is 11.3 Å². The van der Waals surface area contributed by atoms with Crippen molar-refractivity contribution in [2.75, 3.05) is 6.54 Å². The molecule has 0 radical (unpaired) electrons. The Morgan fingerprint density at radius 3 is 2.56 bits per heavy atom. The van der Waals surface area contributed by atoms with Crippen LogP contribution in [0.1, 0.15) is 11.7 Å². The molecule has 2 aromatic rings. The topological polar surface area (TPSA) is 35.2 Å². The molecule has 0 spiro atoms. The van der Waals surface area contributed by atoms with Gasteiger partial charge in [0.2, 0.25) is 0 Å². The number of thiophene rings is 1. The maximum Gasteiger partial charge on any atom is 0.137 e. The fourth-order valence-corrected chi connectivity index (χ4v) is 2.35. The van der Waals surface area contributed by atoms with Crippen LogP contribution in [0, 0.1) is 0 Å². The molecule has 2 N–H and O–H groups in total. The maximum atomic E-state index is 5.82. The van der Waals surface area contributed by atoms with Crippen LogP contribution in [0.15, 0.2) is 45.6 Å². The Balaban J connectivity index is 2.10. The van der Waals surface area contributed by atoms with Crippen LogP contribution in [0.4, 0.5) is 0 Å². The summed E-state index contributed by atoms with van der Waals surface area (Å²) >= 11 is 5.04. The van der Waals surface area contributed by atoms with Crippen LogP contribution < -0.4 is 10.5 Å². The Morgan fingerprint density at radius 1 is 1.25 bits per heavy atom. The highest BCUT2D eigenvalue weighted by Gasteiger charge is 2.11. The second-order valence-electron chi connectivity index (χ2n) is 3.35. The lowest BCUT2D eigenvalue weighted by molar-refractivity contribution is 0.215. The Labute approximate surface area is 107 Å². The standard InChI is InChI=1S/C12H12BrNOS/c13-10-1-3-11(4-2-10)15-12(7-14)9-5-6-16-8-9/h1-6,8,12H,7,14H2. The Hall–Kier alpha value is -0.840. The lowest BCUT2D eigenvalue weighted by Crippen LogP contribution is -2.17. The summed E-state index contributed by atoms with van der Waals surface area (Å²) in [7, 11) is 0. The van der Waals surface area contributed by atoms with Gasteiger partial charge in [0.15, 0.2) is 0 Å². The zero-order valence-corrected chi connectivity index (χ0v) is 11.0. The number of rotatable bonds is 4. The number of hydrogen-bond acceptors (Lipinski definition) is 3. The van der Waals surface area contributed by atoms with E-state index in [9.17, 15) is 0 Å². The molecule has 0 aliphatic rings. The quantitative estimate of drug-likeness (QED) is 0.936. The van der Waals surface area contributed by atoms with Crippen molar-refractivity contribution in [3.8, 4) is 5.75 Å². The van der Waals surface area contributed by atoms with Crippen LogP contribution in [-0.2, 0) is 0 Å². The largest absolute Gasteiger partial charge is 0.484 e. The zero-order valence-electron chi connectivity index (χ0n) is 8.60. The Morgan fingerprint density at radius 2 is 2.00 bits per heavy atom. The van der Waals surface area contributed by atoms with E-state index in [0.717, 1.165) is 15.8 Å². The minimum atomic E-state index is -0.0626. The van der Waals surface area contributed by atoms with Crippen LogP contribution in [-0.4, -0.2) is 6.54 Å². The third-order valence-electron chi connectivity index (χ3n) is 2.22. The molecule has 16 heavy (non-hydrogen) atoms. The predicted molar refractivity (Wildman–Crippen MR) is 70.9 cm³/mol. The summed E-state index contributed by atoms with van der Waals surface area (Å²) in [6, 6.07) is 9.81. The fourth-order valence-electron chi connectivity index (χ4n) is 1.39. The first-order valence-corrected chi connectivity index (χ1v) is 6.67. The molecule has 2 rings (SSSR count). The average molecular weight is 298 g/mol. The average Bonchev–Trinajstić information content (AvgIpc) is 2.82. The molecule has 1 unspecified atom stereocenters. The van der Waals surface area contributed by atoms with Gasteiger partial charge in [0.1, 0.15) is 11.9 Å². The van der Waals surface area contributed by atoms with Gasteiger partial charge in [-0.3, -0.25) is 0 Å². The molecular weight excluding hydrogens is 286 g/mol. The molecule has 2 nitrogen and oxygen atoms in total. The minimum absolute atomic E-state index is 0.0626. The normalized spacial score (nSPS) is 12.4. The van der Waals surface area contributed by atoms with Gasteiger partial charge in [-0.2, -0.15) is 11.3 Å². The molecular formula is C12H12BrNOS. The summed E-state index contributed by atoms with van der Waals surface area (Å²) in [4.78, 5) is 0. The number of hydrogen-bond donors (Lipinski definition) is 1. The van der Waals surface area contributed by atoms with Gasteiger partial charge in [0, 0.05) is 16.6 Å². The molecule has 4 heteroatoms. The van der Waals surface area contributed by atoms with Gasteiger partial charge in [-0.15, -0.1) is 0 Å². The minimum Gasteiger partial charge on any atom is -0.484 e. The third kappa shape index (κ3) is 2.84. The van der Waals surface area contributed by atoms with Crippen LogP contribution in [0.3, 0.4) is 0 Å². The van der Waals surface area contributed by atoms with E-state index in [-0.39, 0.29) is 6.10 Å². The third-order valence-corrected chi connectivity index (χ3v) is 3.45. The molecule has 0 amide bonds. The first-order valence-electron chi connectivity index (χ1n) is 4.94. The van der Waals surface area contributed by atoms with Crippen molar-refractivity contribution in [1.29, 1.82) is 0 Å². The van der Waals surface area contributed by atoms with E-state index in [1.807, 2.05) is 35.7 Å². The molecule has 1 atom stereocenters. The van der Waals surface area contributed by atoms with Crippen molar-refractivity contribution >= 4 is 27.3 Å². The number of halogens is 1. The van der Waals surface area contributed by atoms with E-state index in [4.69, 9.17) is 10.5 Å². The molecule has 1 heterocycles. The monoisotopic (exact) mass is 297 g/mol. The van der Waals surface area contributed by atoms with Gasteiger partial charge in [-0.1, -0.05) is 15.9 Å². The molecule has 0 bridgehead atoms. The van der Waals surface area contributed by atoms with E-state index in [1.165, 1.54) is 0 Å². The second-order valence-corrected chi connectivity index (χ2v) is 5.05. The van der Waals surface area contributed by atoms with E-state index in [0.29, 0.717) is 6.54 Å². The highest BCUT2D eigenvalue weighted by atomic mass is 79.9. The van der Waals surface area contributed by atoms with Gasteiger partial charge < -0.3 is 10.5 Å². The van der Waals surface area contributed by atoms with Crippen molar-refractivity contribution in [3.63, 3.8) is 0 Å². The second kappa shape index (κ2) is 5.48. The SMILES string of the molecule is NCC(Oc1ccc(Br)cc1)c1ccsc1. The van der Waals surface area contributed by atoms with Crippen molar-refractivity contribution in [2.24, 2.45) is 5.73 Å². The molecule has 0 aliphatic heterocycles. The summed E-state index contributed by atoms with van der Waals surface area (Å²) in [5.41, 5.74) is 6.85. The molecule has 0 fully saturated rings. The van der Waals surface area contributed by atoms with Gasteiger partial charge in [-0.05, 0) is 41.1 Å². The molecule has 0 aliphatic carbocycles. The van der Waals surface area contributed by atoms with E-state index < -0.39 is 0 Å². The first kappa shape index (κ1) is 11.6. The summed E-state index contributed by atoms with van der Waals surface area (Å²) in [6.45, 7) is 0.479. The molecule has 1 aromatic heterocycles. The number of ether oxygens (including phenoxy) is 1. The van der Waals surface area contributed by atoms with Crippen molar-refractivity contribution in [2.45, 2.75) is 6.10 Å². The predicted octanol–water partition coefficient (Wildman–Crippen LogP) is 3.59. The van der Waals surface area contributed by atoms with Crippen molar-refractivity contribution < 1.29 is 4.74 Å². The Bertz CT molecular complexity index is 427.